The van der Waals surface area contributed by atoms with Gasteiger partial charge in [0.1, 0.15) is 5.75 Å². The van der Waals surface area contributed by atoms with Gasteiger partial charge in [0.15, 0.2) is 22.3 Å². The molecule has 1 heterocycles. The predicted octanol–water partition coefficient (Wildman–Crippen LogP) is 5.27. The Labute approximate surface area is 167 Å². The fourth-order valence-electron chi connectivity index (χ4n) is 2.64. The van der Waals surface area contributed by atoms with E-state index in [4.69, 9.17) is 21.4 Å². The van der Waals surface area contributed by atoms with Crippen molar-refractivity contribution >= 4 is 39.9 Å². The van der Waals surface area contributed by atoms with Crippen molar-refractivity contribution in [1.29, 1.82) is 0 Å². The molecule has 2 aromatic carbocycles. The number of carbonyl (C=O) groups is 1. The number of ether oxygens (including phenoxy) is 1. The number of rotatable bonds is 7. The van der Waals surface area contributed by atoms with Gasteiger partial charge in [-0.15, -0.1) is 0 Å². The fraction of sp³-hybridized carbons (Fsp3) is 0.238. The summed E-state index contributed by atoms with van der Waals surface area (Å²) in [6.45, 7) is 2.84. The van der Waals surface area contributed by atoms with Crippen LogP contribution < -0.4 is 15.4 Å². The van der Waals surface area contributed by atoms with Gasteiger partial charge >= 0.3 is 0 Å². The molecule has 146 valence electrons. The summed E-state index contributed by atoms with van der Waals surface area (Å²) in [5.74, 6) is -0.306. The van der Waals surface area contributed by atoms with E-state index in [9.17, 15) is 9.18 Å². The third-order valence-electron chi connectivity index (χ3n) is 4.08. The molecule has 5 nitrogen and oxygen atoms in total. The molecule has 7 heteroatoms. The normalized spacial score (nSPS) is 10.6. The van der Waals surface area contributed by atoms with E-state index in [1.54, 1.807) is 12.1 Å². The first kappa shape index (κ1) is 19.8. The maximum absolute atomic E-state index is 13.7. The summed E-state index contributed by atoms with van der Waals surface area (Å²) in [6.07, 6.45) is 3.32. The molecule has 0 radical (unpaired) electrons. The van der Waals surface area contributed by atoms with Crippen LogP contribution in [0.25, 0.3) is 11.0 Å². The molecule has 3 rings (SSSR count). The van der Waals surface area contributed by atoms with E-state index in [1.165, 1.54) is 12.1 Å². The zero-order chi connectivity index (χ0) is 19.9. The first-order valence-corrected chi connectivity index (χ1v) is 9.51. The van der Waals surface area contributed by atoms with Crippen molar-refractivity contribution in [2.75, 3.05) is 11.9 Å². The second-order valence-corrected chi connectivity index (χ2v) is 6.67. The van der Waals surface area contributed by atoms with E-state index in [0.29, 0.717) is 17.7 Å². The lowest BCUT2D eigenvalue weighted by Crippen LogP contribution is -2.33. The molecule has 1 aromatic heterocycles. The molecular formula is C21H21FN2O3S. The molecule has 3 aromatic rings. The topological polar surface area (TPSA) is 63.5 Å². The van der Waals surface area contributed by atoms with Gasteiger partial charge in [0.2, 0.25) is 0 Å². The lowest BCUT2D eigenvalue weighted by molar-refractivity contribution is 0.0952. The summed E-state index contributed by atoms with van der Waals surface area (Å²) < 4.78 is 24.6. The van der Waals surface area contributed by atoms with Gasteiger partial charge < -0.3 is 14.5 Å². The molecule has 2 N–H and O–H groups in total. The highest BCUT2D eigenvalue weighted by Crippen LogP contribution is 2.22. The van der Waals surface area contributed by atoms with Gasteiger partial charge in [-0.3, -0.25) is 10.1 Å². The summed E-state index contributed by atoms with van der Waals surface area (Å²) in [7, 11) is 0. The monoisotopic (exact) mass is 400 g/mol. The maximum Gasteiger partial charge on any atom is 0.293 e. The molecular weight excluding hydrogens is 379 g/mol. The zero-order valence-electron chi connectivity index (χ0n) is 15.5. The van der Waals surface area contributed by atoms with Crippen LogP contribution in [-0.2, 0) is 0 Å². The quantitative estimate of drug-likeness (QED) is 0.418. The number of halogens is 1. The van der Waals surface area contributed by atoms with Crippen LogP contribution in [-0.4, -0.2) is 17.6 Å². The number of hydrogen-bond acceptors (Lipinski definition) is 4. The number of anilines is 1. The number of para-hydroxylation sites is 1. The Bertz CT molecular complexity index is 969. The average Bonchev–Trinajstić information content (AvgIpc) is 3.12. The van der Waals surface area contributed by atoms with Crippen molar-refractivity contribution in [3.63, 3.8) is 0 Å². The molecule has 28 heavy (non-hydrogen) atoms. The molecule has 1 amide bonds. The number of nitrogens with one attached hydrogen (secondary N) is 2. The Morgan fingerprint density at radius 3 is 2.68 bits per heavy atom. The Hall–Kier alpha value is -2.93. The molecule has 0 aliphatic heterocycles. The summed E-state index contributed by atoms with van der Waals surface area (Å²) in [6, 6.07) is 13.3. The standard InChI is InChI=1S/C21H21FN2O3S/c1-2-3-4-12-26-16-10-8-15(9-11-16)23-21(28)24-20(25)18-13-14-6-5-7-17(22)19(14)27-18/h5-11,13H,2-4,12H2,1H3,(H2,23,24,25,28). The van der Waals surface area contributed by atoms with Gasteiger partial charge in [0.25, 0.3) is 5.91 Å². The number of hydrogen-bond donors (Lipinski definition) is 2. The van der Waals surface area contributed by atoms with Crippen molar-refractivity contribution in [1.82, 2.24) is 5.32 Å². The van der Waals surface area contributed by atoms with E-state index < -0.39 is 11.7 Å². The first-order valence-electron chi connectivity index (χ1n) is 9.10. The van der Waals surface area contributed by atoms with E-state index in [0.717, 1.165) is 25.0 Å². The molecule has 0 aliphatic carbocycles. The second kappa shape index (κ2) is 9.32. The van der Waals surface area contributed by atoms with Crippen molar-refractivity contribution in [2.24, 2.45) is 0 Å². The van der Waals surface area contributed by atoms with E-state index in [2.05, 4.69) is 17.6 Å². The third kappa shape index (κ3) is 5.07. The molecule has 0 fully saturated rings. The molecule has 0 aliphatic rings. The smallest absolute Gasteiger partial charge is 0.293 e. The Kier molecular flexibility index (Phi) is 6.60. The minimum absolute atomic E-state index is 0.0138. The summed E-state index contributed by atoms with van der Waals surface area (Å²) >= 11 is 5.16. The summed E-state index contributed by atoms with van der Waals surface area (Å²) in [5.41, 5.74) is 0.753. The summed E-state index contributed by atoms with van der Waals surface area (Å²) in [5, 5.41) is 6.07. The van der Waals surface area contributed by atoms with Crippen LogP contribution in [0.1, 0.15) is 36.7 Å². The van der Waals surface area contributed by atoms with Crippen LogP contribution in [0, 0.1) is 5.82 Å². The lowest BCUT2D eigenvalue weighted by Gasteiger charge is -2.10. The predicted molar refractivity (Wildman–Crippen MR) is 111 cm³/mol. The average molecular weight is 400 g/mol. The second-order valence-electron chi connectivity index (χ2n) is 6.26. The minimum Gasteiger partial charge on any atom is -0.494 e. The highest BCUT2D eigenvalue weighted by Gasteiger charge is 2.15. The van der Waals surface area contributed by atoms with Gasteiger partial charge in [0, 0.05) is 11.1 Å². The molecule has 0 atom stereocenters. The third-order valence-corrected chi connectivity index (χ3v) is 4.28. The van der Waals surface area contributed by atoms with E-state index >= 15 is 0 Å². The van der Waals surface area contributed by atoms with Crippen LogP contribution >= 0.6 is 12.2 Å². The van der Waals surface area contributed by atoms with Crippen LogP contribution in [0.4, 0.5) is 10.1 Å². The minimum atomic E-state index is -0.552. The van der Waals surface area contributed by atoms with Gasteiger partial charge in [-0.2, -0.15) is 0 Å². The number of benzene rings is 2. The number of unbranched alkanes of at least 4 members (excludes halogenated alkanes) is 2. The van der Waals surface area contributed by atoms with Crippen LogP contribution in [0.5, 0.6) is 5.75 Å². The number of amides is 1. The SMILES string of the molecule is CCCCCOc1ccc(NC(=S)NC(=O)c2cc3cccc(F)c3o2)cc1. The number of carbonyl (C=O) groups excluding carboxylic acids is 1. The first-order chi connectivity index (χ1) is 13.6. The van der Waals surface area contributed by atoms with E-state index in [-0.39, 0.29) is 16.5 Å². The molecule has 0 unspecified atom stereocenters. The van der Waals surface area contributed by atoms with Crippen LogP contribution in [0.3, 0.4) is 0 Å². The number of thiocarbonyl (C=S) groups is 1. The molecule has 0 bridgehead atoms. The summed E-state index contributed by atoms with van der Waals surface area (Å²) in [4.78, 5) is 12.3. The van der Waals surface area contributed by atoms with Crippen molar-refractivity contribution in [3.8, 4) is 5.75 Å². The van der Waals surface area contributed by atoms with Crippen molar-refractivity contribution in [2.45, 2.75) is 26.2 Å². The number of furan rings is 1. The highest BCUT2D eigenvalue weighted by atomic mass is 32.1. The van der Waals surface area contributed by atoms with Crippen LogP contribution in [0.2, 0.25) is 0 Å². The van der Waals surface area contributed by atoms with Gasteiger partial charge in [-0.1, -0.05) is 31.9 Å². The number of fused-ring (bicyclic) bond motifs is 1. The van der Waals surface area contributed by atoms with Gasteiger partial charge in [-0.25, -0.2) is 4.39 Å². The zero-order valence-corrected chi connectivity index (χ0v) is 16.3. The van der Waals surface area contributed by atoms with Gasteiger partial charge in [0.05, 0.1) is 6.61 Å². The Morgan fingerprint density at radius 2 is 1.96 bits per heavy atom. The Balaban J connectivity index is 1.54. The van der Waals surface area contributed by atoms with Gasteiger partial charge in [-0.05, 0) is 55.0 Å². The highest BCUT2D eigenvalue weighted by molar-refractivity contribution is 7.80. The van der Waals surface area contributed by atoms with Crippen molar-refractivity contribution in [3.05, 3.63) is 60.1 Å². The molecule has 0 spiro atoms. The van der Waals surface area contributed by atoms with Crippen molar-refractivity contribution < 1.29 is 18.3 Å². The molecule has 0 saturated carbocycles. The maximum atomic E-state index is 13.7. The Morgan fingerprint density at radius 1 is 1.18 bits per heavy atom. The van der Waals surface area contributed by atoms with Crippen LogP contribution in [0.15, 0.2) is 52.9 Å². The van der Waals surface area contributed by atoms with E-state index in [1.807, 2.05) is 24.3 Å². The fourth-order valence-corrected chi connectivity index (χ4v) is 2.85. The molecule has 0 saturated heterocycles. The largest absolute Gasteiger partial charge is 0.494 e. The lowest BCUT2D eigenvalue weighted by atomic mass is 10.2.